The van der Waals surface area contributed by atoms with Crippen LogP contribution in [0.5, 0.6) is 0 Å². The number of nitrogens with zero attached hydrogens (tertiary/aromatic N) is 2. The molecule has 1 radical (unpaired) electrons. The van der Waals surface area contributed by atoms with Crippen LogP contribution < -0.4 is 4.40 Å². The fraction of sp³-hybridized carbons (Fsp3) is 0.234. The van der Waals surface area contributed by atoms with E-state index in [0.717, 1.165) is 55.3 Å². The molecule has 0 atom stereocenters. The van der Waals surface area contributed by atoms with Gasteiger partial charge in [-0.15, -0.1) is 17.7 Å². The maximum atomic E-state index is 8.81. The van der Waals surface area contributed by atoms with Crippen LogP contribution >= 0.6 is 0 Å². The molecule has 52 heavy (non-hydrogen) atoms. The molecule has 3 heterocycles. The summed E-state index contributed by atoms with van der Waals surface area (Å²) in [6.45, 7) is 2.21. The molecule has 0 bridgehead atoms. The average Bonchev–Trinajstić information content (AvgIpc) is 3.56. The van der Waals surface area contributed by atoms with Crippen LogP contribution in [0.3, 0.4) is 0 Å². The normalized spacial score (nSPS) is 14.9. The summed E-state index contributed by atoms with van der Waals surface area (Å²) in [4.78, 5) is 8.98. The predicted molar refractivity (Wildman–Crippen MR) is 220 cm³/mol. The molecule has 8 aromatic rings. The second-order valence-corrected chi connectivity index (χ2v) is 25.0. The number of fused-ring (bicyclic) bond motifs is 7. The van der Waals surface area contributed by atoms with Gasteiger partial charge in [0.05, 0.1) is 5.58 Å². The Hall–Kier alpha value is -4.09. The van der Waals surface area contributed by atoms with Crippen LogP contribution in [0.2, 0.25) is 17.3 Å². The maximum absolute atomic E-state index is 8.81. The molecule has 5 heteroatoms. The van der Waals surface area contributed by atoms with Gasteiger partial charge in [-0.25, -0.2) is 0 Å². The summed E-state index contributed by atoms with van der Waals surface area (Å²) in [7, 11) is 0. The van der Waals surface area contributed by atoms with Crippen LogP contribution in [-0.4, -0.2) is 23.2 Å². The van der Waals surface area contributed by atoms with E-state index in [0.29, 0.717) is 22.3 Å². The second kappa shape index (κ2) is 15.1. The van der Waals surface area contributed by atoms with Crippen molar-refractivity contribution >= 4 is 61.1 Å². The Labute approximate surface area is 335 Å². The van der Waals surface area contributed by atoms with Crippen LogP contribution in [0, 0.1) is 25.8 Å². The van der Waals surface area contributed by atoms with E-state index in [4.69, 9.17) is 15.4 Å². The van der Waals surface area contributed by atoms with Crippen molar-refractivity contribution in [2.75, 3.05) is 0 Å². The topological polar surface area (TPSA) is 38.9 Å². The van der Waals surface area contributed by atoms with Crippen molar-refractivity contribution in [3.8, 4) is 22.5 Å². The molecule has 0 aliphatic carbocycles. The van der Waals surface area contributed by atoms with Gasteiger partial charge in [-0.3, -0.25) is 0 Å². The first-order valence-electron chi connectivity index (χ1n) is 21.2. The summed E-state index contributed by atoms with van der Waals surface area (Å²) in [6, 6.07) is 35.6. The van der Waals surface area contributed by atoms with Gasteiger partial charge in [-0.05, 0) is 41.1 Å². The number of benzene rings is 5. The molecule has 0 N–H and O–H groups in total. The van der Waals surface area contributed by atoms with Gasteiger partial charge in [0.2, 0.25) is 0 Å². The van der Waals surface area contributed by atoms with E-state index >= 15 is 0 Å². The van der Waals surface area contributed by atoms with Crippen LogP contribution in [0.1, 0.15) is 72.7 Å². The number of pyridine rings is 2. The third-order valence-electron chi connectivity index (χ3n) is 9.37. The van der Waals surface area contributed by atoms with Gasteiger partial charge in [-0.1, -0.05) is 90.9 Å². The van der Waals surface area contributed by atoms with Gasteiger partial charge in [-0.2, -0.15) is 0 Å². The van der Waals surface area contributed by atoms with Gasteiger partial charge in [0.1, 0.15) is 5.58 Å². The van der Waals surface area contributed by atoms with Crippen molar-refractivity contribution in [1.29, 1.82) is 0 Å². The van der Waals surface area contributed by atoms with Crippen LogP contribution in [-0.2, 0) is 20.1 Å². The molecule has 0 saturated carbocycles. The first-order chi connectivity index (χ1) is 27.4. The second-order valence-electron chi connectivity index (χ2n) is 14.5. The van der Waals surface area contributed by atoms with Crippen LogP contribution in [0.4, 0.5) is 0 Å². The Morgan fingerprint density at radius 1 is 0.692 bits per heavy atom. The number of hydrogen-bond acceptors (Lipinski definition) is 3. The summed E-state index contributed by atoms with van der Waals surface area (Å²) in [6.07, 6.45) is 3.11. The zero-order valence-corrected chi connectivity index (χ0v) is 34.9. The third kappa shape index (κ3) is 7.14. The summed E-state index contributed by atoms with van der Waals surface area (Å²) in [5.74, 6) is 5.47. The molecule has 0 unspecified atom stereocenters. The number of aryl methyl sites for hydroxylation is 2. The monoisotopic (exact) mass is 929 g/mol. The molecule has 8 rings (SSSR count). The quantitative estimate of drug-likeness (QED) is 0.0981. The first-order valence-corrected chi connectivity index (χ1v) is 24.5. The van der Waals surface area contributed by atoms with Crippen LogP contribution in [0.25, 0.3) is 66.0 Å². The van der Waals surface area contributed by atoms with Gasteiger partial charge in [0, 0.05) is 46.7 Å². The van der Waals surface area contributed by atoms with E-state index in [-0.39, 0.29) is 36.9 Å². The van der Waals surface area contributed by atoms with E-state index < -0.39 is 38.8 Å². The van der Waals surface area contributed by atoms with Crippen molar-refractivity contribution in [1.82, 2.24) is 9.97 Å². The van der Waals surface area contributed by atoms with E-state index in [1.807, 2.05) is 74.6 Å². The van der Waals surface area contributed by atoms with E-state index in [1.165, 1.54) is 10.5 Å². The molecule has 5 aromatic carbocycles. The molecule has 0 aliphatic rings. The van der Waals surface area contributed by atoms with Gasteiger partial charge in [0.15, 0.2) is 0 Å². The first kappa shape index (κ1) is 28.4. The van der Waals surface area contributed by atoms with Crippen molar-refractivity contribution in [3.05, 3.63) is 138 Å². The fourth-order valence-corrected chi connectivity index (χ4v) is 10.0. The molecule has 0 aliphatic heterocycles. The summed E-state index contributed by atoms with van der Waals surface area (Å²) < 4.78 is 72.5. The molecule has 0 amide bonds. The third-order valence-corrected chi connectivity index (χ3v) is 13.6. The van der Waals surface area contributed by atoms with E-state index in [1.54, 1.807) is 19.9 Å². The molecule has 0 saturated heterocycles. The number of furan rings is 1. The molecule has 3 aromatic heterocycles. The van der Waals surface area contributed by atoms with E-state index in [9.17, 15) is 0 Å². The molecular formula is C47H46GeIrN2O-2. The van der Waals surface area contributed by atoms with Crippen molar-refractivity contribution in [2.24, 2.45) is 0 Å². The minimum atomic E-state index is -2.66. The van der Waals surface area contributed by atoms with E-state index in [2.05, 4.69) is 63.6 Å². The summed E-state index contributed by atoms with van der Waals surface area (Å²) >= 11 is -2.03. The predicted octanol–water partition coefficient (Wildman–Crippen LogP) is 12.7. The minimum Gasteiger partial charge on any atom is -0.500 e. The summed E-state index contributed by atoms with van der Waals surface area (Å²) in [5, 5.41) is 5.70. The maximum Gasteiger partial charge on any atom is 0.128 e. The minimum absolute atomic E-state index is 0. The Morgan fingerprint density at radius 2 is 1.40 bits per heavy atom. The zero-order valence-electron chi connectivity index (χ0n) is 38.5. The fourth-order valence-electron chi connectivity index (χ4n) is 6.71. The Balaban J connectivity index is 0.000000243. The number of rotatable bonds is 5. The number of hydrogen-bond donors (Lipinski definition) is 0. The van der Waals surface area contributed by atoms with Crippen molar-refractivity contribution in [2.45, 2.75) is 70.5 Å². The Bertz CT molecular complexity index is 2870. The SMILES string of the molecule is [2H]C(C)(C)c1cc(-c2[c-]cccc2)nc[c]1[Ge]([CH3])([CH3])[CH3].[2H]C([2H])([2H])c1cnc(-c2[c-]cc(C([2H])(C)C)c3c2oc2c4ccc5ccccc5c4ccc23)cc1C([2H])([2H])[2H].[Ir]. The summed E-state index contributed by atoms with van der Waals surface area (Å²) in [5.41, 5.74) is 4.85. The van der Waals surface area contributed by atoms with Crippen molar-refractivity contribution in [3.63, 3.8) is 0 Å². The van der Waals surface area contributed by atoms with Crippen LogP contribution in [0.15, 0.2) is 108 Å². The Kier molecular flexibility index (Phi) is 8.26. The van der Waals surface area contributed by atoms with Gasteiger partial charge in [0.25, 0.3) is 0 Å². The average molecular weight is 928 g/mol. The van der Waals surface area contributed by atoms with Gasteiger partial charge < -0.3 is 9.40 Å². The standard InChI is InChI=1S/C30H24NO.C17H22GeN.Ir/c1-17(2)21-11-13-25(27-15-18(3)19(4)16-31-27)30-28(21)26-14-12-23-22-8-6-5-7-20(22)9-10-24(23)29(26)32-30;1-13(2)15-11-17(14-9-7-6-8-10-14)19-12-16(15)18(3,4)5;/h5-12,14-17H,1-4H3;6-9,11-13H,1-5H3;/q2*-1;/i3D3,4D3,17D;13D;. The Morgan fingerprint density at radius 3 is 2.12 bits per heavy atom. The molecule has 0 fully saturated rings. The molecule has 0 spiro atoms. The largest absolute Gasteiger partial charge is 0.500 e. The zero-order chi connectivity index (χ0) is 42.9. The molecule has 3 nitrogen and oxygen atoms in total. The molecule has 265 valence electrons. The number of aromatic nitrogens is 2. The molecular weight excluding hydrogens is 873 g/mol. The smallest absolute Gasteiger partial charge is 0.128 e. The van der Waals surface area contributed by atoms with Gasteiger partial charge >= 0.3 is 120 Å². The van der Waals surface area contributed by atoms with Crippen molar-refractivity contribution < 1.29 is 35.5 Å².